The van der Waals surface area contributed by atoms with Gasteiger partial charge in [-0.1, -0.05) is 0 Å². The van der Waals surface area contributed by atoms with E-state index in [9.17, 15) is 14.4 Å². The van der Waals surface area contributed by atoms with E-state index in [0.717, 1.165) is 17.1 Å². The van der Waals surface area contributed by atoms with Crippen LogP contribution in [-0.4, -0.2) is 42.3 Å². The number of urea groups is 1. The maximum Gasteiger partial charge on any atom is 0.338 e. The van der Waals surface area contributed by atoms with Gasteiger partial charge < -0.3 is 24.7 Å². The minimum absolute atomic E-state index is 0.0157. The van der Waals surface area contributed by atoms with Crippen LogP contribution in [0.2, 0.25) is 0 Å². The molecule has 0 bridgehead atoms. The zero-order chi connectivity index (χ0) is 21.0. The fraction of sp³-hybridized carbons (Fsp3) is 0.286. The minimum Gasteiger partial charge on any atom is -0.463 e. The molecule has 1 aromatic heterocycles. The molecule has 0 fully saturated rings. The molecule has 1 aliphatic heterocycles. The Balaban J connectivity index is 1.71. The number of ether oxygens (including phenoxy) is 2. The van der Waals surface area contributed by atoms with Crippen molar-refractivity contribution in [2.75, 3.05) is 19.8 Å². The second-order valence-electron chi connectivity index (χ2n) is 6.56. The number of esters is 2. The number of aryl methyl sites for hydroxylation is 2. The predicted molar refractivity (Wildman–Crippen MR) is 106 cm³/mol. The summed E-state index contributed by atoms with van der Waals surface area (Å²) in [7, 11) is 0. The van der Waals surface area contributed by atoms with Gasteiger partial charge in [0.05, 0.1) is 30.0 Å². The van der Waals surface area contributed by atoms with E-state index in [1.807, 2.05) is 38.1 Å². The first kappa shape index (κ1) is 20.2. The number of hydrogen-bond acceptors (Lipinski definition) is 5. The van der Waals surface area contributed by atoms with Crippen LogP contribution in [0.25, 0.3) is 5.69 Å². The van der Waals surface area contributed by atoms with Gasteiger partial charge in [-0.25, -0.2) is 14.4 Å². The Hall–Kier alpha value is -3.55. The third kappa shape index (κ3) is 4.48. The Kier molecular flexibility index (Phi) is 6.01. The summed E-state index contributed by atoms with van der Waals surface area (Å²) >= 11 is 0. The molecule has 1 aromatic carbocycles. The van der Waals surface area contributed by atoms with E-state index in [0.29, 0.717) is 5.56 Å². The maximum atomic E-state index is 12.4. The molecule has 3 rings (SSSR count). The molecule has 0 spiro atoms. The third-order valence-electron chi connectivity index (χ3n) is 4.56. The monoisotopic (exact) mass is 397 g/mol. The van der Waals surface area contributed by atoms with Crippen LogP contribution in [0.3, 0.4) is 0 Å². The van der Waals surface area contributed by atoms with Gasteiger partial charge in [0.2, 0.25) is 0 Å². The number of carbonyl (C=O) groups is 3. The van der Waals surface area contributed by atoms with E-state index in [-0.39, 0.29) is 31.0 Å². The normalized spacial score (nSPS) is 13.6. The fourth-order valence-corrected chi connectivity index (χ4v) is 3.11. The van der Waals surface area contributed by atoms with Gasteiger partial charge in [0.25, 0.3) is 0 Å². The van der Waals surface area contributed by atoms with E-state index in [1.54, 1.807) is 19.1 Å². The molecule has 0 radical (unpaired) electrons. The standard InChI is InChI=1S/C21H23N3O5/c1-4-28-20(26)17-11-22-21(27)23-18(17)12-29-19(25)15-7-9-16(10-8-15)24-13(2)5-6-14(24)3/h5-10H,4,11-12H2,1-3H3,(H2,22,23,27). The number of hydrogen-bond donors (Lipinski definition) is 2. The van der Waals surface area contributed by atoms with E-state index in [2.05, 4.69) is 15.2 Å². The Bertz CT molecular complexity index is 953. The van der Waals surface area contributed by atoms with Crippen molar-refractivity contribution in [2.45, 2.75) is 20.8 Å². The fourth-order valence-electron chi connectivity index (χ4n) is 3.11. The van der Waals surface area contributed by atoms with E-state index in [1.165, 1.54) is 0 Å². The van der Waals surface area contributed by atoms with Crippen LogP contribution in [0, 0.1) is 13.8 Å². The smallest absolute Gasteiger partial charge is 0.338 e. The average molecular weight is 397 g/mol. The SMILES string of the molecule is CCOC(=O)C1=C(COC(=O)c2ccc(-n3c(C)ccc3C)cc2)NC(=O)NC1. The summed E-state index contributed by atoms with van der Waals surface area (Å²) in [4.78, 5) is 36.0. The number of amides is 2. The lowest BCUT2D eigenvalue weighted by atomic mass is 10.1. The molecular weight excluding hydrogens is 374 g/mol. The Morgan fingerprint density at radius 3 is 2.28 bits per heavy atom. The van der Waals surface area contributed by atoms with Gasteiger partial charge in [-0.2, -0.15) is 0 Å². The molecule has 29 heavy (non-hydrogen) atoms. The number of nitrogens with one attached hydrogen (secondary N) is 2. The predicted octanol–water partition coefficient (Wildman–Crippen LogP) is 2.38. The molecule has 2 aromatic rings. The number of benzene rings is 1. The highest BCUT2D eigenvalue weighted by Crippen LogP contribution is 2.17. The first-order chi connectivity index (χ1) is 13.9. The number of aromatic nitrogens is 1. The zero-order valence-corrected chi connectivity index (χ0v) is 16.6. The highest BCUT2D eigenvalue weighted by molar-refractivity contribution is 5.94. The van der Waals surface area contributed by atoms with Crippen molar-refractivity contribution in [1.82, 2.24) is 15.2 Å². The van der Waals surface area contributed by atoms with Crippen molar-refractivity contribution < 1.29 is 23.9 Å². The minimum atomic E-state index is -0.562. The van der Waals surface area contributed by atoms with Crippen LogP contribution in [0.15, 0.2) is 47.7 Å². The van der Waals surface area contributed by atoms with Gasteiger partial charge in [-0.3, -0.25) is 0 Å². The Morgan fingerprint density at radius 1 is 1.00 bits per heavy atom. The van der Waals surface area contributed by atoms with Gasteiger partial charge in [0.15, 0.2) is 0 Å². The second kappa shape index (κ2) is 8.64. The van der Waals surface area contributed by atoms with Crippen molar-refractivity contribution in [3.05, 3.63) is 64.6 Å². The maximum absolute atomic E-state index is 12.4. The summed E-state index contributed by atoms with van der Waals surface area (Å²) in [5.41, 5.74) is 3.95. The first-order valence-corrected chi connectivity index (χ1v) is 9.27. The van der Waals surface area contributed by atoms with Gasteiger partial charge in [-0.15, -0.1) is 0 Å². The molecule has 8 heteroatoms. The van der Waals surface area contributed by atoms with E-state index < -0.39 is 18.0 Å². The van der Waals surface area contributed by atoms with Crippen LogP contribution in [-0.2, 0) is 14.3 Å². The van der Waals surface area contributed by atoms with Crippen LogP contribution in [0.1, 0.15) is 28.7 Å². The third-order valence-corrected chi connectivity index (χ3v) is 4.56. The van der Waals surface area contributed by atoms with Crippen molar-refractivity contribution in [2.24, 2.45) is 0 Å². The van der Waals surface area contributed by atoms with Crippen molar-refractivity contribution in [1.29, 1.82) is 0 Å². The molecule has 0 unspecified atom stereocenters. The molecule has 0 saturated heterocycles. The highest BCUT2D eigenvalue weighted by Gasteiger charge is 2.24. The van der Waals surface area contributed by atoms with Crippen LogP contribution >= 0.6 is 0 Å². The lowest BCUT2D eigenvalue weighted by Gasteiger charge is -2.21. The molecular formula is C21H23N3O5. The van der Waals surface area contributed by atoms with Crippen molar-refractivity contribution in [3.63, 3.8) is 0 Å². The summed E-state index contributed by atoms with van der Waals surface area (Å²) in [6.45, 7) is 5.69. The molecule has 0 atom stereocenters. The molecule has 0 saturated carbocycles. The van der Waals surface area contributed by atoms with E-state index in [4.69, 9.17) is 9.47 Å². The average Bonchev–Trinajstić information content (AvgIpc) is 3.04. The van der Waals surface area contributed by atoms with Gasteiger partial charge in [0.1, 0.15) is 6.61 Å². The quantitative estimate of drug-likeness (QED) is 0.730. The highest BCUT2D eigenvalue weighted by atomic mass is 16.5. The van der Waals surface area contributed by atoms with Gasteiger partial charge in [-0.05, 0) is 57.2 Å². The second-order valence-corrected chi connectivity index (χ2v) is 6.56. The molecule has 1 aliphatic rings. The molecule has 152 valence electrons. The summed E-state index contributed by atoms with van der Waals surface area (Å²) in [6, 6.07) is 10.6. The van der Waals surface area contributed by atoms with Crippen LogP contribution in [0.4, 0.5) is 4.79 Å². The molecule has 2 heterocycles. The largest absolute Gasteiger partial charge is 0.463 e. The topological polar surface area (TPSA) is 98.7 Å². The lowest BCUT2D eigenvalue weighted by Crippen LogP contribution is -2.45. The lowest BCUT2D eigenvalue weighted by molar-refractivity contribution is -0.138. The summed E-state index contributed by atoms with van der Waals surface area (Å²) in [5.74, 6) is -1.12. The van der Waals surface area contributed by atoms with Gasteiger partial charge in [0, 0.05) is 17.1 Å². The molecule has 2 amide bonds. The summed E-state index contributed by atoms with van der Waals surface area (Å²) in [5, 5.41) is 5.00. The number of nitrogens with zero attached hydrogens (tertiary/aromatic N) is 1. The van der Waals surface area contributed by atoms with Gasteiger partial charge >= 0.3 is 18.0 Å². The van der Waals surface area contributed by atoms with Crippen LogP contribution < -0.4 is 10.6 Å². The van der Waals surface area contributed by atoms with E-state index >= 15 is 0 Å². The summed E-state index contributed by atoms with van der Waals surface area (Å²) < 4.78 is 12.4. The van der Waals surface area contributed by atoms with Crippen molar-refractivity contribution in [3.8, 4) is 5.69 Å². The molecule has 8 nitrogen and oxygen atoms in total. The number of carbonyl (C=O) groups excluding carboxylic acids is 3. The number of rotatable bonds is 6. The summed E-state index contributed by atoms with van der Waals surface area (Å²) in [6.07, 6.45) is 0. The Labute approximate surface area is 168 Å². The Morgan fingerprint density at radius 2 is 1.66 bits per heavy atom. The first-order valence-electron chi connectivity index (χ1n) is 9.27. The molecule has 2 N–H and O–H groups in total. The molecule has 0 aliphatic carbocycles. The van der Waals surface area contributed by atoms with Crippen molar-refractivity contribution >= 4 is 18.0 Å². The zero-order valence-electron chi connectivity index (χ0n) is 16.6. The van der Waals surface area contributed by atoms with Crippen LogP contribution in [0.5, 0.6) is 0 Å².